The van der Waals surface area contributed by atoms with Gasteiger partial charge in [0.1, 0.15) is 11.9 Å². The highest BCUT2D eigenvalue weighted by atomic mass is 16.5. The van der Waals surface area contributed by atoms with Crippen molar-refractivity contribution < 1.29 is 14.3 Å². The molecule has 1 atom stereocenters. The first-order valence-corrected chi connectivity index (χ1v) is 7.16. The minimum absolute atomic E-state index is 0.0546. The Kier molecular flexibility index (Phi) is 3.56. The third kappa shape index (κ3) is 2.66. The van der Waals surface area contributed by atoms with E-state index in [-0.39, 0.29) is 11.7 Å². The zero-order valence-corrected chi connectivity index (χ0v) is 11.1. The van der Waals surface area contributed by atoms with Gasteiger partial charge in [-0.2, -0.15) is 0 Å². The third-order valence-electron chi connectivity index (χ3n) is 4.30. The first-order valence-electron chi connectivity index (χ1n) is 7.16. The van der Waals surface area contributed by atoms with Crippen LogP contribution in [0.15, 0.2) is 24.3 Å². The van der Waals surface area contributed by atoms with Crippen LogP contribution in [0.3, 0.4) is 0 Å². The van der Waals surface area contributed by atoms with Crippen molar-refractivity contribution in [1.29, 1.82) is 0 Å². The van der Waals surface area contributed by atoms with E-state index in [2.05, 4.69) is 0 Å². The van der Waals surface area contributed by atoms with E-state index in [4.69, 9.17) is 9.47 Å². The fourth-order valence-electron chi connectivity index (χ4n) is 3.32. The molecule has 2 aliphatic rings. The zero-order valence-electron chi connectivity index (χ0n) is 11.1. The van der Waals surface area contributed by atoms with Gasteiger partial charge in [0.2, 0.25) is 0 Å². The molecule has 1 aromatic rings. The van der Waals surface area contributed by atoms with Crippen LogP contribution in [0.4, 0.5) is 0 Å². The Morgan fingerprint density at radius 1 is 1.26 bits per heavy atom. The number of aldehydes is 1. The average Bonchev–Trinajstić information content (AvgIpc) is 2.87. The maximum absolute atomic E-state index is 11.0. The first-order chi connectivity index (χ1) is 9.31. The molecule has 1 spiro atoms. The second kappa shape index (κ2) is 5.33. The normalized spacial score (nSPS) is 25.4. The Morgan fingerprint density at radius 2 is 2.05 bits per heavy atom. The zero-order chi connectivity index (χ0) is 13.1. The summed E-state index contributed by atoms with van der Waals surface area (Å²) in [7, 11) is 0. The van der Waals surface area contributed by atoms with E-state index < -0.39 is 0 Å². The summed E-state index contributed by atoms with van der Waals surface area (Å²) in [6.45, 7) is 0.772. The van der Waals surface area contributed by atoms with E-state index in [1.54, 1.807) is 6.07 Å². The molecule has 102 valence electrons. The second-order valence-corrected chi connectivity index (χ2v) is 5.63. The number of hydrogen-bond donors (Lipinski definition) is 0. The summed E-state index contributed by atoms with van der Waals surface area (Å²) < 4.78 is 12.1. The number of benzene rings is 1. The van der Waals surface area contributed by atoms with Crippen LogP contribution in [0.25, 0.3) is 0 Å². The predicted molar refractivity (Wildman–Crippen MR) is 72.6 cm³/mol. The van der Waals surface area contributed by atoms with E-state index in [1.807, 2.05) is 18.2 Å². The fourth-order valence-corrected chi connectivity index (χ4v) is 3.32. The molecule has 1 aliphatic carbocycles. The monoisotopic (exact) mass is 260 g/mol. The highest BCUT2D eigenvalue weighted by molar-refractivity contribution is 5.79. The summed E-state index contributed by atoms with van der Waals surface area (Å²) in [5.74, 6) is 0.706. The molecule has 1 aromatic carbocycles. The largest absolute Gasteiger partial charge is 0.489 e. The molecule has 19 heavy (non-hydrogen) atoms. The lowest BCUT2D eigenvalue weighted by Crippen LogP contribution is -2.41. The second-order valence-electron chi connectivity index (χ2n) is 5.63. The fraction of sp³-hybridized carbons (Fsp3) is 0.562. The Labute approximate surface area is 113 Å². The van der Waals surface area contributed by atoms with Gasteiger partial charge in [0, 0.05) is 12.8 Å². The summed E-state index contributed by atoms with van der Waals surface area (Å²) >= 11 is 0. The highest BCUT2D eigenvalue weighted by Crippen LogP contribution is 2.41. The van der Waals surface area contributed by atoms with Gasteiger partial charge in [-0.05, 0) is 25.0 Å². The Morgan fingerprint density at radius 3 is 2.84 bits per heavy atom. The van der Waals surface area contributed by atoms with Gasteiger partial charge >= 0.3 is 0 Å². The molecular weight excluding hydrogens is 240 g/mol. The van der Waals surface area contributed by atoms with E-state index in [0.29, 0.717) is 11.3 Å². The molecule has 3 heteroatoms. The molecule has 3 rings (SSSR count). The van der Waals surface area contributed by atoms with Gasteiger partial charge in [0.15, 0.2) is 6.29 Å². The van der Waals surface area contributed by atoms with Crippen molar-refractivity contribution in [1.82, 2.24) is 0 Å². The number of para-hydroxylation sites is 1. The van der Waals surface area contributed by atoms with Crippen LogP contribution < -0.4 is 4.74 Å². The van der Waals surface area contributed by atoms with Gasteiger partial charge in [0.05, 0.1) is 17.8 Å². The number of carbonyl (C=O) groups is 1. The number of carbonyl (C=O) groups excluding carboxylic acids is 1. The van der Waals surface area contributed by atoms with Gasteiger partial charge in [0.25, 0.3) is 0 Å². The molecular formula is C16H20O3. The highest BCUT2D eigenvalue weighted by Gasteiger charge is 2.40. The van der Waals surface area contributed by atoms with Crippen LogP contribution >= 0.6 is 0 Å². The lowest BCUT2D eigenvalue weighted by atomic mass is 9.90. The molecule has 0 radical (unpaired) electrons. The Bertz CT molecular complexity index is 449. The Balaban J connectivity index is 1.71. The molecule has 1 aliphatic heterocycles. The lowest BCUT2D eigenvalue weighted by Gasteiger charge is -2.38. The Hall–Kier alpha value is -1.35. The maximum atomic E-state index is 11.0. The molecule has 1 saturated heterocycles. The molecule has 0 N–H and O–H groups in total. The minimum atomic E-state index is 0.0546. The summed E-state index contributed by atoms with van der Waals surface area (Å²) in [6.07, 6.45) is 7.74. The number of rotatable bonds is 3. The van der Waals surface area contributed by atoms with Gasteiger partial charge < -0.3 is 9.47 Å². The smallest absolute Gasteiger partial charge is 0.153 e. The van der Waals surface area contributed by atoms with E-state index in [0.717, 1.165) is 38.6 Å². The van der Waals surface area contributed by atoms with E-state index in [9.17, 15) is 4.79 Å². The molecule has 0 amide bonds. The molecule has 0 bridgehead atoms. The van der Waals surface area contributed by atoms with Gasteiger partial charge in [-0.25, -0.2) is 0 Å². The molecule has 1 unspecified atom stereocenters. The van der Waals surface area contributed by atoms with Crippen molar-refractivity contribution in [3.05, 3.63) is 29.8 Å². The van der Waals surface area contributed by atoms with Crippen molar-refractivity contribution in [3.63, 3.8) is 0 Å². The third-order valence-corrected chi connectivity index (χ3v) is 4.30. The summed E-state index contributed by atoms with van der Waals surface area (Å²) in [5, 5.41) is 0. The lowest BCUT2D eigenvalue weighted by molar-refractivity contribution is -0.108. The van der Waals surface area contributed by atoms with Crippen LogP contribution in [0.5, 0.6) is 5.75 Å². The number of hydrogen-bond acceptors (Lipinski definition) is 3. The number of ether oxygens (including phenoxy) is 2. The van der Waals surface area contributed by atoms with E-state index >= 15 is 0 Å². The predicted octanol–water partition coefficient (Wildman–Crippen LogP) is 3.37. The molecule has 1 heterocycles. The van der Waals surface area contributed by atoms with Crippen LogP contribution in [0, 0.1) is 0 Å². The van der Waals surface area contributed by atoms with Crippen molar-refractivity contribution in [3.8, 4) is 5.75 Å². The maximum Gasteiger partial charge on any atom is 0.153 e. The van der Waals surface area contributed by atoms with Crippen LogP contribution in [-0.4, -0.2) is 24.6 Å². The van der Waals surface area contributed by atoms with Crippen molar-refractivity contribution >= 4 is 6.29 Å². The summed E-state index contributed by atoms with van der Waals surface area (Å²) in [4.78, 5) is 11.0. The van der Waals surface area contributed by atoms with Crippen molar-refractivity contribution in [2.45, 2.75) is 50.2 Å². The first kappa shape index (κ1) is 12.7. The van der Waals surface area contributed by atoms with Gasteiger partial charge in [-0.1, -0.05) is 25.0 Å². The van der Waals surface area contributed by atoms with Crippen LogP contribution in [0.2, 0.25) is 0 Å². The standard InChI is InChI=1S/C16H20O3/c17-12-13-5-1-2-6-15(13)19-14-7-10-18-16(11-14)8-3-4-9-16/h1-2,5-6,12,14H,3-4,7-11H2. The topological polar surface area (TPSA) is 35.5 Å². The SMILES string of the molecule is O=Cc1ccccc1OC1CCOC2(CCCC2)C1. The van der Waals surface area contributed by atoms with Gasteiger partial charge in [-0.3, -0.25) is 4.79 Å². The summed E-state index contributed by atoms with van der Waals surface area (Å²) in [5.41, 5.74) is 0.688. The van der Waals surface area contributed by atoms with Crippen LogP contribution in [-0.2, 0) is 4.74 Å². The van der Waals surface area contributed by atoms with Crippen LogP contribution in [0.1, 0.15) is 48.9 Å². The van der Waals surface area contributed by atoms with Gasteiger partial charge in [-0.15, -0.1) is 0 Å². The minimum Gasteiger partial charge on any atom is -0.489 e. The average molecular weight is 260 g/mol. The van der Waals surface area contributed by atoms with Crippen molar-refractivity contribution in [2.24, 2.45) is 0 Å². The van der Waals surface area contributed by atoms with Crippen molar-refractivity contribution in [2.75, 3.05) is 6.61 Å². The summed E-state index contributed by atoms with van der Waals surface area (Å²) in [6, 6.07) is 7.44. The molecule has 1 saturated carbocycles. The molecule has 0 aromatic heterocycles. The molecule has 2 fully saturated rings. The molecule has 3 nitrogen and oxygen atoms in total. The van der Waals surface area contributed by atoms with E-state index in [1.165, 1.54) is 12.8 Å². The quantitative estimate of drug-likeness (QED) is 0.782.